The standard InChI is InChI=1S/C32H32B2N2O6/c1-37-29-15-11-27(12-16-29)33-39-21-19-35-24-26-8-4-6-10-32(26)42-34(28-13-17-30(38-2)18-14-28)40-22-20-36-23-25-7-3-5-9-31(25)41-33/h3-18,23-24H,19-22H2,1-2H3. The number of para-hydroxylation sites is 2. The zero-order valence-electron chi connectivity index (χ0n) is 23.7. The molecule has 1 heterocycles. The molecule has 4 aromatic rings. The van der Waals surface area contributed by atoms with E-state index in [1.165, 1.54) is 0 Å². The number of fused-ring (bicyclic) bond motifs is 2. The number of aliphatic imine (C=N–C) groups is 2. The van der Waals surface area contributed by atoms with Gasteiger partial charge in [-0.25, -0.2) is 0 Å². The molecule has 8 nitrogen and oxygen atoms in total. The van der Waals surface area contributed by atoms with Crippen LogP contribution in [0.15, 0.2) is 107 Å². The van der Waals surface area contributed by atoms with Crippen molar-refractivity contribution >= 4 is 37.6 Å². The smallest absolute Gasteiger partial charge is 0.532 e. The average molecular weight is 562 g/mol. The highest BCUT2D eigenvalue weighted by atomic mass is 16.6. The molecule has 0 saturated carbocycles. The summed E-state index contributed by atoms with van der Waals surface area (Å²) in [6.07, 6.45) is 3.57. The molecule has 10 heteroatoms. The van der Waals surface area contributed by atoms with Crippen LogP contribution in [-0.4, -0.2) is 67.2 Å². The van der Waals surface area contributed by atoms with Gasteiger partial charge in [-0.1, -0.05) is 48.5 Å². The number of methoxy groups -OCH3 is 2. The second-order valence-electron chi connectivity index (χ2n) is 9.33. The van der Waals surface area contributed by atoms with Gasteiger partial charge in [0.2, 0.25) is 0 Å². The third-order valence-corrected chi connectivity index (χ3v) is 6.52. The van der Waals surface area contributed by atoms with Crippen molar-refractivity contribution in [1.82, 2.24) is 0 Å². The first-order valence-electron chi connectivity index (χ1n) is 13.8. The summed E-state index contributed by atoms with van der Waals surface area (Å²) < 4.78 is 35.8. The van der Waals surface area contributed by atoms with Gasteiger partial charge in [-0.05, 0) is 59.5 Å². The van der Waals surface area contributed by atoms with E-state index in [-0.39, 0.29) is 0 Å². The van der Waals surface area contributed by atoms with E-state index in [1.54, 1.807) is 26.6 Å². The minimum absolute atomic E-state index is 0.337. The van der Waals surface area contributed by atoms with Crippen molar-refractivity contribution in [2.24, 2.45) is 9.98 Å². The van der Waals surface area contributed by atoms with Crippen LogP contribution in [-0.2, 0) is 9.31 Å². The van der Waals surface area contributed by atoms with Gasteiger partial charge in [0.25, 0.3) is 0 Å². The summed E-state index contributed by atoms with van der Waals surface area (Å²) in [5.74, 6) is 2.82. The van der Waals surface area contributed by atoms with E-state index < -0.39 is 14.2 Å². The predicted molar refractivity (Wildman–Crippen MR) is 168 cm³/mol. The molecule has 0 aromatic heterocycles. The highest BCUT2D eigenvalue weighted by Gasteiger charge is 2.26. The molecular formula is C32H32B2N2O6. The second kappa shape index (κ2) is 14.9. The monoisotopic (exact) mass is 562 g/mol. The van der Waals surface area contributed by atoms with Crippen LogP contribution >= 0.6 is 0 Å². The Morgan fingerprint density at radius 2 is 0.952 bits per heavy atom. The number of benzene rings is 4. The van der Waals surface area contributed by atoms with Crippen LogP contribution in [0.1, 0.15) is 11.1 Å². The van der Waals surface area contributed by atoms with Crippen LogP contribution in [0, 0.1) is 0 Å². The van der Waals surface area contributed by atoms with Crippen LogP contribution in [0.4, 0.5) is 0 Å². The molecule has 0 aliphatic carbocycles. The van der Waals surface area contributed by atoms with Gasteiger partial charge in [-0.15, -0.1) is 0 Å². The molecule has 42 heavy (non-hydrogen) atoms. The normalized spacial score (nSPS) is 14.4. The largest absolute Gasteiger partial charge is 0.562 e. The van der Waals surface area contributed by atoms with E-state index in [0.29, 0.717) is 37.8 Å². The summed E-state index contributed by atoms with van der Waals surface area (Å²) in [7, 11) is 1.98. The van der Waals surface area contributed by atoms with Crippen LogP contribution in [0.3, 0.4) is 0 Å². The van der Waals surface area contributed by atoms with Gasteiger partial charge in [-0.2, -0.15) is 0 Å². The van der Waals surface area contributed by atoms with Crippen molar-refractivity contribution < 1.29 is 28.1 Å². The van der Waals surface area contributed by atoms with Crippen molar-refractivity contribution in [3.8, 4) is 23.0 Å². The van der Waals surface area contributed by atoms with Crippen molar-refractivity contribution in [3.05, 3.63) is 108 Å². The van der Waals surface area contributed by atoms with Gasteiger partial charge in [0.1, 0.15) is 23.0 Å². The number of rotatable bonds is 4. The van der Waals surface area contributed by atoms with Crippen LogP contribution < -0.4 is 29.7 Å². The molecule has 5 rings (SSSR count). The fraction of sp³-hybridized carbons (Fsp3) is 0.188. The molecule has 0 saturated heterocycles. The van der Waals surface area contributed by atoms with E-state index in [4.69, 9.17) is 28.1 Å². The highest BCUT2D eigenvalue weighted by Crippen LogP contribution is 2.20. The predicted octanol–water partition coefficient (Wildman–Crippen LogP) is 3.84. The van der Waals surface area contributed by atoms with Crippen molar-refractivity contribution in [2.45, 2.75) is 0 Å². The van der Waals surface area contributed by atoms with Gasteiger partial charge >= 0.3 is 14.2 Å². The summed E-state index contributed by atoms with van der Waals surface area (Å²) in [6, 6.07) is 30.7. The Labute approximate surface area is 247 Å². The first kappa shape index (κ1) is 29.0. The number of nitrogens with zero attached hydrogens (tertiary/aromatic N) is 2. The second-order valence-corrected chi connectivity index (χ2v) is 9.33. The Hall–Kier alpha value is -4.53. The zero-order chi connectivity index (χ0) is 29.0. The molecule has 1 aliphatic rings. The number of hydrogen-bond acceptors (Lipinski definition) is 8. The van der Waals surface area contributed by atoms with Crippen molar-refractivity contribution in [3.63, 3.8) is 0 Å². The fourth-order valence-electron chi connectivity index (χ4n) is 4.29. The van der Waals surface area contributed by atoms with Crippen LogP contribution in [0.2, 0.25) is 0 Å². The Morgan fingerprint density at radius 1 is 0.548 bits per heavy atom. The molecular weight excluding hydrogens is 530 g/mol. The SMILES string of the molecule is COc1ccc(B2OCCN=Cc3ccccc3OB(c3ccc(OC)cc3)OCCN=Cc3ccccc3O2)cc1. The van der Waals surface area contributed by atoms with Gasteiger partial charge in [0.05, 0.1) is 40.5 Å². The lowest BCUT2D eigenvalue weighted by Gasteiger charge is -2.18. The minimum atomic E-state index is -0.649. The molecule has 0 spiro atoms. The first-order valence-corrected chi connectivity index (χ1v) is 13.8. The Balaban J connectivity index is 1.41. The first-order chi connectivity index (χ1) is 20.7. The summed E-state index contributed by atoms with van der Waals surface area (Å²) in [5, 5.41) is 0. The van der Waals surface area contributed by atoms with E-state index in [1.807, 2.05) is 97.1 Å². The van der Waals surface area contributed by atoms with Gasteiger partial charge in [0.15, 0.2) is 0 Å². The summed E-state index contributed by atoms with van der Waals surface area (Å²) in [6.45, 7) is 1.52. The molecule has 0 unspecified atom stereocenters. The Morgan fingerprint density at radius 3 is 1.36 bits per heavy atom. The maximum atomic E-state index is 6.38. The lowest BCUT2D eigenvalue weighted by atomic mass is 9.78. The van der Waals surface area contributed by atoms with Crippen LogP contribution in [0.25, 0.3) is 0 Å². The van der Waals surface area contributed by atoms with Crippen molar-refractivity contribution in [1.29, 1.82) is 0 Å². The maximum absolute atomic E-state index is 6.38. The highest BCUT2D eigenvalue weighted by molar-refractivity contribution is 6.62. The summed E-state index contributed by atoms with van der Waals surface area (Å²) >= 11 is 0. The molecule has 0 bridgehead atoms. The quantitative estimate of drug-likeness (QED) is 0.352. The van der Waals surface area contributed by atoms with E-state index in [9.17, 15) is 0 Å². The third kappa shape index (κ3) is 7.81. The fourth-order valence-corrected chi connectivity index (χ4v) is 4.29. The number of hydrogen-bond donors (Lipinski definition) is 0. The molecule has 1 aliphatic heterocycles. The van der Waals surface area contributed by atoms with E-state index in [2.05, 4.69) is 9.98 Å². The van der Waals surface area contributed by atoms with E-state index >= 15 is 0 Å². The third-order valence-electron chi connectivity index (χ3n) is 6.52. The lowest BCUT2D eigenvalue weighted by Crippen LogP contribution is -2.41. The molecule has 0 radical (unpaired) electrons. The molecule has 0 amide bonds. The minimum Gasteiger partial charge on any atom is -0.532 e. The molecule has 212 valence electrons. The van der Waals surface area contributed by atoms with Gasteiger partial charge < -0.3 is 28.1 Å². The molecule has 4 aromatic carbocycles. The Kier molecular flexibility index (Phi) is 10.3. The number of ether oxygens (including phenoxy) is 2. The molecule has 0 N–H and O–H groups in total. The lowest BCUT2D eigenvalue weighted by molar-refractivity contribution is 0.283. The van der Waals surface area contributed by atoms with Crippen molar-refractivity contribution in [2.75, 3.05) is 40.5 Å². The topological polar surface area (TPSA) is 80.1 Å². The summed E-state index contributed by atoms with van der Waals surface area (Å²) in [5.41, 5.74) is 3.38. The van der Waals surface area contributed by atoms with Gasteiger partial charge in [-0.3, -0.25) is 9.98 Å². The Bertz CT molecular complexity index is 1370. The maximum Gasteiger partial charge on any atom is 0.562 e. The average Bonchev–Trinajstić information content (AvgIpc) is 3.04. The summed E-state index contributed by atoms with van der Waals surface area (Å²) in [4.78, 5) is 9.22. The molecule has 0 atom stereocenters. The zero-order valence-corrected chi connectivity index (χ0v) is 23.7. The molecule has 0 fully saturated rings. The van der Waals surface area contributed by atoms with Crippen LogP contribution in [0.5, 0.6) is 23.0 Å². The van der Waals surface area contributed by atoms with Gasteiger partial charge in [0, 0.05) is 23.6 Å². The van der Waals surface area contributed by atoms with E-state index in [0.717, 1.165) is 33.6 Å².